The van der Waals surface area contributed by atoms with Crippen molar-refractivity contribution in [1.82, 2.24) is 14.9 Å². The van der Waals surface area contributed by atoms with E-state index in [0.29, 0.717) is 28.7 Å². The number of fused-ring (bicyclic) bond motifs is 1. The molecule has 0 aliphatic carbocycles. The molecule has 1 saturated heterocycles. The molecule has 0 spiro atoms. The normalized spacial score (nSPS) is 14.6. The summed E-state index contributed by atoms with van der Waals surface area (Å²) in [5.74, 6) is -0.793. The highest BCUT2D eigenvalue weighted by atomic mass is 35.5. The first-order chi connectivity index (χ1) is 15.4. The Hall–Kier alpha value is -2.59. The van der Waals surface area contributed by atoms with Gasteiger partial charge in [-0.05, 0) is 48.6 Å². The standard InChI is InChI=1S/C22H22ClFN4O3S/c23-17-13-15(3-5-18(17)24)28-21(30)16-4-2-14(12-19(16)26-22(28)32)20(29)25-6-1-7-27-8-10-31-11-9-27/h2-5,12-13H,1,6-11H2,(H,25,29)(H,26,32)/p+1. The van der Waals surface area contributed by atoms with Crippen molar-refractivity contribution in [1.29, 1.82) is 0 Å². The number of aromatic amines is 1. The highest BCUT2D eigenvalue weighted by molar-refractivity contribution is 7.71. The van der Waals surface area contributed by atoms with Gasteiger partial charge in [-0.15, -0.1) is 0 Å². The summed E-state index contributed by atoms with van der Waals surface area (Å²) in [6, 6.07) is 8.74. The predicted octanol–water partition coefficient (Wildman–Crippen LogP) is 1.88. The number of H-pyrrole nitrogens is 1. The zero-order valence-corrected chi connectivity index (χ0v) is 18.8. The van der Waals surface area contributed by atoms with Gasteiger partial charge < -0.3 is 19.9 Å². The summed E-state index contributed by atoms with van der Waals surface area (Å²) in [6.07, 6.45) is 0.877. The van der Waals surface area contributed by atoms with Crippen LogP contribution in [0.5, 0.6) is 0 Å². The van der Waals surface area contributed by atoms with Gasteiger partial charge in [0.2, 0.25) is 0 Å². The van der Waals surface area contributed by atoms with E-state index in [2.05, 4.69) is 10.3 Å². The van der Waals surface area contributed by atoms with Gasteiger partial charge in [0.15, 0.2) is 4.77 Å². The summed E-state index contributed by atoms with van der Waals surface area (Å²) < 4.78 is 20.2. The molecule has 4 rings (SSSR count). The largest absolute Gasteiger partial charge is 0.370 e. The molecule has 0 bridgehead atoms. The van der Waals surface area contributed by atoms with Gasteiger partial charge in [-0.25, -0.2) is 4.39 Å². The Balaban J connectivity index is 1.50. The van der Waals surface area contributed by atoms with Crippen LogP contribution in [0.25, 0.3) is 16.6 Å². The molecule has 32 heavy (non-hydrogen) atoms. The first-order valence-electron chi connectivity index (χ1n) is 10.4. The Kier molecular flexibility index (Phi) is 7.00. The smallest absolute Gasteiger partial charge is 0.266 e. The fourth-order valence-electron chi connectivity index (χ4n) is 3.77. The number of ether oxygens (including phenoxy) is 1. The molecular weight excluding hydrogens is 455 g/mol. The fourth-order valence-corrected chi connectivity index (χ4v) is 4.24. The molecule has 7 nitrogen and oxygen atoms in total. The summed E-state index contributed by atoms with van der Waals surface area (Å²) in [5.41, 5.74) is 0.861. The number of morpholine rings is 1. The second-order valence-electron chi connectivity index (χ2n) is 7.65. The molecule has 3 aromatic rings. The number of hydrogen-bond acceptors (Lipinski definition) is 4. The molecule has 1 aliphatic rings. The van der Waals surface area contributed by atoms with Crippen LogP contribution in [-0.4, -0.2) is 54.9 Å². The summed E-state index contributed by atoms with van der Waals surface area (Å²) in [7, 11) is 0. The average Bonchev–Trinajstić information content (AvgIpc) is 2.79. The summed E-state index contributed by atoms with van der Waals surface area (Å²) >= 11 is 11.2. The third-order valence-electron chi connectivity index (χ3n) is 5.51. The van der Waals surface area contributed by atoms with Crippen molar-refractivity contribution in [3.8, 4) is 5.69 Å². The summed E-state index contributed by atoms with van der Waals surface area (Å²) in [4.78, 5) is 30.0. The monoisotopic (exact) mass is 477 g/mol. The van der Waals surface area contributed by atoms with Crippen molar-refractivity contribution >= 4 is 40.6 Å². The number of benzene rings is 2. The number of rotatable bonds is 6. The molecule has 168 valence electrons. The highest BCUT2D eigenvalue weighted by Crippen LogP contribution is 2.19. The SMILES string of the molecule is O=C(NCCC[NH+]1CCOCC1)c1ccc2c(=O)n(-c3ccc(F)c(Cl)c3)c(=S)[nH]c2c1. The average molecular weight is 478 g/mol. The highest BCUT2D eigenvalue weighted by Gasteiger charge is 2.14. The molecule has 1 amide bonds. The minimum Gasteiger partial charge on any atom is -0.370 e. The summed E-state index contributed by atoms with van der Waals surface area (Å²) in [5, 5.41) is 3.17. The van der Waals surface area contributed by atoms with E-state index >= 15 is 0 Å². The molecule has 0 atom stereocenters. The maximum atomic E-state index is 13.5. The van der Waals surface area contributed by atoms with Gasteiger partial charge in [-0.1, -0.05) is 11.6 Å². The minimum absolute atomic E-state index is 0.105. The van der Waals surface area contributed by atoms with Gasteiger partial charge in [-0.3, -0.25) is 14.2 Å². The molecule has 1 aromatic heterocycles. The lowest BCUT2D eigenvalue weighted by Gasteiger charge is -2.23. The topological polar surface area (TPSA) is 80.6 Å². The van der Waals surface area contributed by atoms with Gasteiger partial charge in [0.1, 0.15) is 18.9 Å². The number of quaternary nitrogens is 1. The van der Waals surface area contributed by atoms with E-state index in [1.807, 2.05) is 0 Å². The molecule has 2 aromatic carbocycles. The van der Waals surface area contributed by atoms with E-state index in [1.165, 1.54) is 27.7 Å². The van der Waals surface area contributed by atoms with Crippen molar-refractivity contribution in [2.24, 2.45) is 0 Å². The number of carbonyl (C=O) groups is 1. The van der Waals surface area contributed by atoms with Crippen LogP contribution in [0.15, 0.2) is 41.2 Å². The fraction of sp³-hybridized carbons (Fsp3) is 0.318. The predicted molar refractivity (Wildman–Crippen MR) is 123 cm³/mol. The Morgan fingerprint density at radius 1 is 1.25 bits per heavy atom. The van der Waals surface area contributed by atoms with E-state index in [9.17, 15) is 14.0 Å². The number of amides is 1. The second-order valence-corrected chi connectivity index (χ2v) is 8.45. The molecule has 1 aliphatic heterocycles. The third-order valence-corrected chi connectivity index (χ3v) is 6.09. The van der Waals surface area contributed by atoms with Crippen LogP contribution < -0.4 is 15.8 Å². The van der Waals surface area contributed by atoms with Gasteiger partial charge in [-0.2, -0.15) is 0 Å². The zero-order chi connectivity index (χ0) is 22.7. The number of nitrogens with one attached hydrogen (secondary N) is 3. The van der Waals surface area contributed by atoms with Crippen LogP contribution in [0.3, 0.4) is 0 Å². The quantitative estimate of drug-likeness (QED) is 0.374. The molecule has 1 fully saturated rings. The van der Waals surface area contributed by atoms with E-state index in [4.69, 9.17) is 28.6 Å². The Bertz CT molecular complexity index is 1270. The van der Waals surface area contributed by atoms with Gasteiger partial charge in [0.25, 0.3) is 11.5 Å². The van der Waals surface area contributed by atoms with Gasteiger partial charge in [0, 0.05) is 18.5 Å². The van der Waals surface area contributed by atoms with Crippen LogP contribution >= 0.6 is 23.8 Å². The number of carbonyl (C=O) groups excluding carboxylic acids is 1. The van der Waals surface area contributed by atoms with E-state index < -0.39 is 5.82 Å². The van der Waals surface area contributed by atoms with Crippen molar-refractivity contribution < 1.29 is 18.8 Å². The van der Waals surface area contributed by atoms with Crippen molar-refractivity contribution in [3.05, 3.63) is 67.9 Å². The summed E-state index contributed by atoms with van der Waals surface area (Å²) in [6.45, 7) is 5.14. The Labute approximate surface area is 193 Å². The minimum atomic E-state index is -0.582. The molecule has 10 heteroatoms. The molecule has 2 heterocycles. The van der Waals surface area contributed by atoms with E-state index in [-0.39, 0.29) is 21.3 Å². The number of hydrogen-bond donors (Lipinski definition) is 3. The first-order valence-corrected chi connectivity index (χ1v) is 11.2. The Morgan fingerprint density at radius 3 is 2.78 bits per heavy atom. The third kappa shape index (κ3) is 4.91. The molecule has 0 saturated carbocycles. The molecule has 3 N–H and O–H groups in total. The number of aromatic nitrogens is 2. The maximum Gasteiger partial charge on any atom is 0.266 e. The van der Waals surface area contributed by atoms with E-state index in [0.717, 1.165) is 39.3 Å². The van der Waals surface area contributed by atoms with Crippen LogP contribution in [0.1, 0.15) is 16.8 Å². The number of halogens is 2. The maximum absolute atomic E-state index is 13.5. The molecule has 0 radical (unpaired) electrons. The Morgan fingerprint density at radius 2 is 2.03 bits per heavy atom. The van der Waals surface area contributed by atoms with Crippen molar-refractivity contribution in [2.75, 3.05) is 39.4 Å². The first kappa shape index (κ1) is 22.6. The van der Waals surface area contributed by atoms with Gasteiger partial charge >= 0.3 is 0 Å². The zero-order valence-electron chi connectivity index (χ0n) is 17.2. The van der Waals surface area contributed by atoms with Crippen molar-refractivity contribution in [3.63, 3.8) is 0 Å². The van der Waals surface area contributed by atoms with E-state index in [1.54, 1.807) is 18.2 Å². The van der Waals surface area contributed by atoms with Crippen LogP contribution in [0.2, 0.25) is 5.02 Å². The molecular formula is C22H23ClFN4O3S+. The van der Waals surface area contributed by atoms with Crippen LogP contribution in [-0.2, 0) is 4.74 Å². The second kappa shape index (κ2) is 9.91. The number of nitrogens with zero attached hydrogens (tertiary/aromatic N) is 1. The lowest BCUT2D eigenvalue weighted by Crippen LogP contribution is -3.14. The van der Waals surface area contributed by atoms with Crippen molar-refractivity contribution in [2.45, 2.75) is 6.42 Å². The molecule has 0 unspecified atom stereocenters. The van der Waals surface area contributed by atoms with Gasteiger partial charge in [0.05, 0.1) is 41.4 Å². The van der Waals surface area contributed by atoms with Crippen LogP contribution in [0, 0.1) is 10.6 Å². The van der Waals surface area contributed by atoms with Crippen LogP contribution in [0.4, 0.5) is 4.39 Å². The lowest BCUT2D eigenvalue weighted by molar-refractivity contribution is -0.908. The lowest BCUT2D eigenvalue weighted by atomic mass is 10.1.